The molecule has 1 rings (SSSR count). The van der Waals surface area contributed by atoms with Gasteiger partial charge in [0, 0.05) is 31.6 Å². The minimum atomic E-state index is 0.255. The molecule has 1 saturated heterocycles. The molecule has 4 heteroatoms. The first-order valence-corrected chi connectivity index (χ1v) is 6.63. The Morgan fingerprint density at radius 2 is 2.40 bits per heavy atom. The lowest BCUT2D eigenvalue weighted by atomic mass is 9.96. The first-order chi connectivity index (χ1) is 7.20. The summed E-state index contributed by atoms with van der Waals surface area (Å²) in [6.07, 6.45) is 3.39. The monoisotopic (exact) mass is 230 g/mol. The Morgan fingerprint density at radius 3 is 3.07 bits per heavy atom. The molecular weight excluding hydrogens is 208 g/mol. The van der Waals surface area contributed by atoms with Crippen LogP contribution in [0.1, 0.15) is 33.1 Å². The molecule has 0 amide bonds. The number of nitrogens with zero attached hydrogens (tertiary/aromatic N) is 1. The molecule has 0 saturated carbocycles. The maximum atomic E-state index is 5.00. The minimum absolute atomic E-state index is 0.255. The number of hydrogen-bond donors (Lipinski definition) is 1. The maximum absolute atomic E-state index is 5.00. The van der Waals surface area contributed by atoms with Gasteiger partial charge in [0.2, 0.25) is 0 Å². The SMILES string of the molecule is CCC1(C)CCSC(=NCCCOC)N1. The Kier molecular flexibility index (Phi) is 5.47. The van der Waals surface area contributed by atoms with Gasteiger partial charge in [-0.15, -0.1) is 0 Å². The fourth-order valence-corrected chi connectivity index (χ4v) is 2.72. The molecule has 0 aromatic rings. The zero-order valence-corrected chi connectivity index (χ0v) is 10.8. The van der Waals surface area contributed by atoms with Gasteiger partial charge in [0.25, 0.3) is 0 Å². The summed E-state index contributed by atoms with van der Waals surface area (Å²) in [5.74, 6) is 1.18. The Balaban J connectivity index is 2.35. The summed E-state index contributed by atoms with van der Waals surface area (Å²) < 4.78 is 5.00. The molecule has 0 aliphatic carbocycles. The number of nitrogens with one attached hydrogen (secondary N) is 1. The van der Waals surface area contributed by atoms with Gasteiger partial charge in [-0.1, -0.05) is 18.7 Å². The van der Waals surface area contributed by atoms with Gasteiger partial charge in [-0.2, -0.15) is 0 Å². The molecule has 1 unspecified atom stereocenters. The normalized spacial score (nSPS) is 29.1. The van der Waals surface area contributed by atoms with Crippen molar-refractivity contribution < 1.29 is 4.74 Å². The van der Waals surface area contributed by atoms with Crippen LogP contribution in [0.5, 0.6) is 0 Å². The van der Waals surface area contributed by atoms with Crippen molar-refractivity contribution in [1.82, 2.24) is 5.32 Å². The van der Waals surface area contributed by atoms with Gasteiger partial charge in [-0.05, 0) is 26.2 Å². The zero-order chi connectivity index (χ0) is 11.1. The molecule has 0 aromatic heterocycles. The number of aliphatic imine (C=N–C) groups is 1. The van der Waals surface area contributed by atoms with Crippen molar-refractivity contribution in [2.75, 3.05) is 26.0 Å². The fourth-order valence-electron chi connectivity index (χ4n) is 1.47. The van der Waals surface area contributed by atoms with E-state index >= 15 is 0 Å². The van der Waals surface area contributed by atoms with Gasteiger partial charge in [-0.25, -0.2) is 0 Å². The Labute approximate surface area is 97.1 Å². The van der Waals surface area contributed by atoms with E-state index in [9.17, 15) is 0 Å². The average Bonchev–Trinajstić information content (AvgIpc) is 2.25. The molecule has 15 heavy (non-hydrogen) atoms. The van der Waals surface area contributed by atoms with Gasteiger partial charge < -0.3 is 10.1 Å². The second kappa shape index (κ2) is 6.38. The van der Waals surface area contributed by atoms with Gasteiger partial charge in [0.05, 0.1) is 0 Å². The van der Waals surface area contributed by atoms with E-state index in [4.69, 9.17) is 4.74 Å². The third-order valence-electron chi connectivity index (χ3n) is 2.84. The summed E-state index contributed by atoms with van der Waals surface area (Å²) in [5, 5.41) is 4.64. The smallest absolute Gasteiger partial charge is 0.156 e. The molecular formula is C11H22N2OS. The van der Waals surface area contributed by atoms with Crippen LogP contribution in [0.15, 0.2) is 4.99 Å². The molecule has 0 radical (unpaired) electrons. The van der Waals surface area contributed by atoms with Crippen LogP contribution in [0.25, 0.3) is 0 Å². The zero-order valence-electron chi connectivity index (χ0n) is 10.0. The minimum Gasteiger partial charge on any atom is -0.385 e. The third-order valence-corrected chi connectivity index (χ3v) is 3.76. The molecule has 1 N–H and O–H groups in total. The fraction of sp³-hybridized carbons (Fsp3) is 0.909. The van der Waals surface area contributed by atoms with Crippen LogP contribution in [-0.4, -0.2) is 36.7 Å². The highest BCUT2D eigenvalue weighted by atomic mass is 32.2. The molecule has 1 aliphatic rings. The van der Waals surface area contributed by atoms with Crippen molar-refractivity contribution in [1.29, 1.82) is 0 Å². The van der Waals surface area contributed by atoms with E-state index in [2.05, 4.69) is 24.2 Å². The number of thioether (sulfide) groups is 1. The lowest BCUT2D eigenvalue weighted by Gasteiger charge is -2.35. The predicted molar refractivity (Wildman–Crippen MR) is 67.7 cm³/mol. The summed E-state index contributed by atoms with van der Waals surface area (Å²) >= 11 is 1.84. The lowest BCUT2D eigenvalue weighted by molar-refractivity contribution is 0.197. The van der Waals surface area contributed by atoms with Crippen LogP contribution in [0.2, 0.25) is 0 Å². The third kappa shape index (κ3) is 4.43. The summed E-state index contributed by atoms with van der Waals surface area (Å²) in [6, 6.07) is 0. The summed E-state index contributed by atoms with van der Waals surface area (Å²) in [5.41, 5.74) is 0.255. The molecule has 1 fully saturated rings. The molecule has 0 spiro atoms. The number of methoxy groups -OCH3 is 1. The van der Waals surface area contributed by atoms with E-state index in [0.29, 0.717) is 0 Å². The van der Waals surface area contributed by atoms with Crippen LogP contribution in [-0.2, 0) is 4.74 Å². The van der Waals surface area contributed by atoms with Gasteiger partial charge in [0.1, 0.15) is 0 Å². The highest BCUT2D eigenvalue weighted by molar-refractivity contribution is 8.13. The van der Waals surface area contributed by atoms with E-state index in [1.165, 1.54) is 12.2 Å². The topological polar surface area (TPSA) is 33.6 Å². The Bertz CT molecular complexity index is 221. The van der Waals surface area contributed by atoms with E-state index in [0.717, 1.165) is 31.2 Å². The van der Waals surface area contributed by atoms with Crippen molar-refractivity contribution in [2.45, 2.75) is 38.6 Å². The van der Waals surface area contributed by atoms with Crippen molar-refractivity contribution in [3.63, 3.8) is 0 Å². The van der Waals surface area contributed by atoms with Gasteiger partial charge >= 0.3 is 0 Å². The standard InChI is InChI=1S/C11H22N2OS/c1-4-11(2)6-9-15-10(13-11)12-7-5-8-14-3/h4-9H2,1-3H3,(H,12,13). The predicted octanol–water partition coefficient (Wildman–Crippen LogP) is 2.27. The molecule has 88 valence electrons. The van der Waals surface area contributed by atoms with Crippen LogP contribution in [0.4, 0.5) is 0 Å². The second-order valence-corrected chi connectivity index (χ2v) is 5.25. The van der Waals surface area contributed by atoms with Crippen LogP contribution >= 0.6 is 11.8 Å². The quantitative estimate of drug-likeness (QED) is 0.736. The molecule has 0 aromatic carbocycles. The first kappa shape index (κ1) is 12.8. The summed E-state index contributed by atoms with van der Waals surface area (Å²) in [6.45, 7) is 6.17. The second-order valence-electron chi connectivity index (χ2n) is 4.17. The van der Waals surface area contributed by atoms with Crippen LogP contribution in [0.3, 0.4) is 0 Å². The number of ether oxygens (including phenoxy) is 1. The van der Waals surface area contributed by atoms with Crippen LogP contribution in [0, 0.1) is 0 Å². The Hall–Kier alpha value is -0.220. The molecule has 3 nitrogen and oxygen atoms in total. The highest BCUT2D eigenvalue weighted by Crippen LogP contribution is 2.24. The van der Waals surface area contributed by atoms with Crippen molar-refractivity contribution in [3.8, 4) is 0 Å². The van der Waals surface area contributed by atoms with E-state index in [1.54, 1.807) is 7.11 Å². The molecule has 1 heterocycles. The van der Waals surface area contributed by atoms with Crippen molar-refractivity contribution in [3.05, 3.63) is 0 Å². The summed E-state index contributed by atoms with van der Waals surface area (Å²) in [4.78, 5) is 4.55. The molecule has 0 bridgehead atoms. The number of rotatable bonds is 5. The van der Waals surface area contributed by atoms with Crippen molar-refractivity contribution in [2.24, 2.45) is 4.99 Å². The van der Waals surface area contributed by atoms with Crippen molar-refractivity contribution >= 4 is 16.9 Å². The maximum Gasteiger partial charge on any atom is 0.156 e. The Morgan fingerprint density at radius 1 is 1.60 bits per heavy atom. The number of amidine groups is 1. The van der Waals surface area contributed by atoms with E-state index < -0.39 is 0 Å². The van der Waals surface area contributed by atoms with Gasteiger partial charge in [-0.3, -0.25) is 4.99 Å². The first-order valence-electron chi connectivity index (χ1n) is 5.64. The van der Waals surface area contributed by atoms with E-state index in [-0.39, 0.29) is 5.54 Å². The molecule has 1 aliphatic heterocycles. The van der Waals surface area contributed by atoms with E-state index in [1.807, 2.05) is 11.8 Å². The highest BCUT2D eigenvalue weighted by Gasteiger charge is 2.27. The lowest BCUT2D eigenvalue weighted by Crippen LogP contribution is -2.48. The van der Waals surface area contributed by atoms with Crippen LogP contribution < -0.4 is 5.32 Å². The molecule has 1 atom stereocenters. The summed E-state index contributed by atoms with van der Waals surface area (Å²) in [7, 11) is 1.73. The van der Waals surface area contributed by atoms with Gasteiger partial charge in [0.15, 0.2) is 5.17 Å². The average molecular weight is 230 g/mol. The largest absolute Gasteiger partial charge is 0.385 e. The number of hydrogen-bond acceptors (Lipinski definition) is 3.